The van der Waals surface area contributed by atoms with Crippen molar-refractivity contribution in [2.45, 2.75) is 12.8 Å². The molecule has 1 aromatic carbocycles. The predicted molar refractivity (Wildman–Crippen MR) is 142 cm³/mol. The molecule has 0 atom stereocenters. The molecule has 4 aromatic rings. The van der Waals surface area contributed by atoms with Gasteiger partial charge in [0.05, 0.1) is 22.8 Å². The molecule has 3 aliphatic heterocycles. The molecule has 8 bridgehead atoms. The van der Waals surface area contributed by atoms with Gasteiger partial charge in [-0.1, -0.05) is 18.2 Å². The van der Waals surface area contributed by atoms with E-state index < -0.39 is 0 Å². The number of aromatic amines is 2. The smallest absolute Gasteiger partial charge is 0.0659 e. The molecule has 0 radical (unpaired) electrons. The third-order valence-electron chi connectivity index (χ3n) is 6.00. The van der Waals surface area contributed by atoms with Crippen LogP contribution in [0.2, 0.25) is 0 Å². The average molecular weight is 444 g/mol. The molecule has 0 saturated carbocycles. The Bertz CT molecular complexity index is 1450. The van der Waals surface area contributed by atoms with E-state index in [9.17, 15) is 0 Å². The third kappa shape index (κ3) is 4.55. The van der Waals surface area contributed by atoms with Crippen molar-refractivity contribution < 1.29 is 0 Å². The Morgan fingerprint density at radius 2 is 1.09 bits per heavy atom. The monoisotopic (exact) mass is 443 g/mol. The summed E-state index contributed by atoms with van der Waals surface area (Å²) in [4.78, 5) is 16.0. The van der Waals surface area contributed by atoms with Crippen molar-refractivity contribution in [1.29, 1.82) is 0 Å². The second-order valence-electron chi connectivity index (χ2n) is 8.59. The van der Waals surface area contributed by atoms with Crippen LogP contribution >= 0.6 is 0 Å². The van der Waals surface area contributed by atoms with Gasteiger partial charge in [0.15, 0.2) is 0 Å². The number of hydrogen-bond donors (Lipinski definition) is 3. The maximum atomic E-state index is 4.62. The zero-order chi connectivity index (χ0) is 22.7. The number of hydrogen-bond acceptors (Lipinski definition) is 3. The lowest BCUT2D eigenvalue weighted by Gasteiger charge is -2.16. The lowest BCUT2D eigenvalue weighted by atomic mass is 10.0. The van der Waals surface area contributed by atoms with Crippen LogP contribution in [0.25, 0.3) is 46.4 Å². The molecule has 0 unspecified atom stereocenters. The van der Waals surface area contributed by atoms with Crippen molar-refractivity contribution in [2.75, 3.05) is 11.9 Å². The highest BCUT2D eigenvalue weighted by Crippen LogP contribution is 2.20. The Labute approximate surface area is 198 Å². The normalized spacial score (nSPS) is 13.5. The molecule has 5 heteroatoms. The molecule has 3 N–H and O–H groups in total. The lowest BCUT2D eigenvalue weighted by Crippen LogP contribution is -2.10. The summed E-state index contributed by atoms with van der Waals surface area (Å²) in [6, 6.07) is 24.9. The van der Waals surface area contributed by atoms with E-state index in [1.807, 2.05) is 42.5 Å². The zero-order valence-corrected chi connectivity index (χ0v) is 18.8. The number of aryl methyl sites for hydroxylation is 1. The van der Waals surface area contributed by atoms with Gasteiger partial charge in [0.2, 0.25) is 0 Å². The van der Waals surface area contributed by atoms with Gasteiger partial charge in [0.25, 0.3) is 0 Å². The molecule has 0 amide bonds. The van der Waals surface area contributed by atoms with E-state index >= 15 is 0 Å². The summed E-state index contributed by atoms with van der Waals surface area (Å²) in [6.45, 7) is 1.14. The first-order chi connectivity index (χ1) is 16.8. The van der Waals surface area contributed by atoms with Gasteiger partial charge in [-0.25, -0.2) is 9.97 Å². The molecular formula is C29H25N5. The van der Waals surface area contributed by atoms with Gasteiger partial charge in [-0.15, -0.1) is 0 Å². The van der Waals surface area contributed by atoms with Crippen molar-refractivity contribution in [2.24, 2.45) is 0 Å². The number of H-pyrrole nitrogens is 2. The molecule has 166 valence electrons. The van der Waals surface area contributed by atoms with Crippen LogP contribution in [-0.4, -0.2) is 26.5 Å². The second-order valence-corrected chi connectivity index (χ2v) is 8.59. The van der Waals surface area contributed by atoms with Crippen LogP contribution in [0.15, 0.2) is 72.8 Å². The Morgan fingerprint density at radius 1 is 0.559 bits per heavy atom. The van der Waals surface area contributed by atoms with Gasteiger partial charge in [-0.3, -0.25) is 0 Å². The average Bonchev–Trinajstić information content (AvgIpc) is 3.66. The van der Waals surface area contributed by atoms with Gasteiger partial charge < -0.3 is 15.3 Å². The lowest BCUT2D eigenvalue weighted by molar-refractivity contribution is 0.830. The van der Waals surface area contributed by atoms with Gasteiger partial charge in [0.1, 0.15) is 0 Å². The van der Waals surface area contributed by atoms with Crippen molar-refractivity contribution in [3.05, 3.63) is 101 Å². The van der Waals surface area contributed by atoms with Crippen LogP contribution in [-0.2, 0) is 6.42 Å². The summed E-state index contributed by atoms with van der Waals surface area (Å²) in [6.07, 6.45) is 10.6. The van der Waals surface area contributed by atoms with Gasteiger partial charge >= 0.3 is 0 Å². The van der Waals surface area contributed by atoms with E-state index in [0.717, 1.165) is 51.4 Å². The van der Waals surface area contributed by atoms with Crippen LogP contribution in [0.1, 0.15) is 34.8 Å². The van der Waals surface area contributed by atoms with Gasteiger partial charge in [-0.05, 0) is 97.3 Å². The van der Waals surface area contributed by atoms with Crippen molar-refractivity contribution in [3.63, 3.8) is 0 Å². The van der Waals surface area contributed by atoms with Crippen molar-refractivity contribution in [1.82, 2.24) is 19.9 Å². The van der Waals surface area contributed by atoms with Crippen molar-refractivity contribution in [3.8, 4) is 0 Å². The van der Waals surface area contributed by atoms with Crippen molar-refractivity contribution >= 4 is 52.1 Å². The number of anilines is 1. The molecule has 3 aliphatic rings. The maximum Gasteiger partial charge on any atom is 0.0659 e. The molecule has 3 aromatic heterocycles. The molecule has 6 heterocycles. The topological polar surface area (TPSA) is 69.4 Å². The first kappa shape index (κ1) is 20.2. The molecule has 5 nitrogen and oxygen atoms in total. The van der Waals surface area contributed by atoms with Gasteiger partial charge in [-0.2, -0.15) is 0 Å². The van der Waals surface area contributed by atoms with E-state index in [1.54, 1.807) is 0 Å². The van der Waals surface area contributed by atoms with Crippen LogP contribution < -0.4 is 5.32 Å². The summed E-state index contributed by atoms with van der Waals surface area (Å²) >= 11 is 0. The third-order valence-corrected chi connectivity index (χ3v) is 6.00. The van der Waals surface area contributed by atoms with Crippen LogP contribution in [0.3, 0.4) is 0 Å². The number of fused-ring (bicyclic) bond motifs is 9. The van der Waals surface area contributed by atoms with Crippen LogP contribution in [0.5, 0.6) is 0 Å². The second kappa shape index (κ2) is 8.87. The highest BCUT2D eigenvalue weighted by Gasteiger charge is 2.05. The fourth-order valence-electron chi connectivity index (χ4n) is 4.36. The number of nitrogens with zero attached hydrogens (tertiary/aromatic N) is 2. The minimum atomic E-state index is 0.915. The Kier molecular flexibility index (Phi) is 5.28. The molecule has 0 aliphatic carbocycles. The van der Waals surface area contributed by atoms with Gasteiger partial charge in [0, 0.05) is 34.3 Å². The fourth-order valence-corrected chi connectivity index (χ4v) is 4.36. The SMILES string of the molecule is C1=Cc2cc3ccc(cc4ccc(cc5nc(cc1n2)C=C5)[nH]4)[nH]3.c1ccc2c(c1)CCCN2. The quantitative estimate of drug-likeness (QED) is 0.245. The molecule has 0 saturated heterocycles. The molecule has 7 rings (SSSR count). The van der Waals surface area contributed by atoms with E-state index in [-0.39, 0.29) is 0 Å². The molecule has 0 fully saturated rings. The Balaban J connectivity index is 0.000000182. The number of benzene rings is 1. The summed E-state index contributed by atoms with van der Waals surface area (Å²) in [7, 11) is 0. The number of aromatic nitrogens is 4. The molecular weight excluding hydrogens is 418 g/mol. The molecule has 34 heavy (non-hydrogen) atoms. The highest BCUT2D eigenvalue weighted by atomic mass is 14.9. The summed E-state index contributed by atoms with van der Waals surface area (Å²) < 4.78 is 0. The predicted octanol–water partition coefficient (Wildman–Crippen LogP) is 6.70. The minimum absolute atomic E-state index is 0.915. The number of para-hydroxylation sites is 1. The largest absolute Gasteiger partial charge is 0.385 e. The summed E-state index contributed by atoms with van der Waals surface area (Å²) in [5.41, 5.74) is 10.7. The first-order valence-corrected chi connectivity index (χ1v) is 11.6. The van der Waals surface area contributed by atoms with E-state index in [4.69, 9.17) is 0 Å². The van der Waals surface area contributed by atoms with Crippen LogP contribution in [0.4, 0.5) is 5.69 Å². The Hall–Kier alpha value is -4.38. The van der Waals surface area contributed by atoms with E-state index in [2.05, 4.69) is 79.9 Å². The fraction of sp³-hybridized carbons (Fsp3) is 0.103. The number of rotatable bonds is 0. The van der Waals surface area contributed by atoms with E-state index in [0.29, 0.717) is 0 Å². The summed E-state index contributed by atoms with van der Waals surface area (Å²) in [5.74, 6) is 0. The minimum Gasteiger partial charge on any atom is -0.385 e. The zero-order valence-electron chi connectivity index (χ0n) is 18.8. The Morgan fingerprint density at radius 3 is 1.68 bits per heavy atom. The molecule has 0 spiro atoms. The standard InChI is InChI=1S/C20H14N4.C9H11N/c1-2-14-10-16-5-6-18(23-16)12-20-8-7-19(24-20)11-17-4-3-15(22-17)9-13(1)21-14;1-2-6-9-8(4-1)5-3-7-10-9/h1-12,21-22H;1-2,4,6,10H,3,5,7H2. The number of nitrogens with one attached hydrogen (secondary N) is 3. The highest BCUT2D eigenvalue weighted by molar-refractivity contribution is 5.77. The van der Waals surface area contributed by atoms with E-state index in [1.165, 1.54) is 24.1 Å². The van der Waals surface area contributed by atoms with Crippen LogP contribution in [0, 0.1) is 0 Å². The summed E-state index contributed by atoms with van der Waals surface area (Å²) in [5, 5.41) is 3.36. The first-order valence-electron chi connectivity index (χ1n) is 11.6. The maximum absolute atomic E-state index is 4.62.